The summed E-state index contributed by atoms with van der Waals surface area (Å²) in [4.78, 5) is 12.6. The summed E-state index contributed by atoms with van der Waals surface area (Å²) < 4.78 is 86.3. The maximum Gasteiger partial charge on any atom is 0.417 e. The van der Waals surface area contributed by atoms with Crippen molar-refractivity contribution in [2.75, 3.05) is 26.8 Å². The molecule has 202 valence electrons. The van der Waals surface area contributed by atoms with Gasteiger partial charge in [0.15, 0.2) is 5.60 Å². The lowest BCUT2D eigenvalue weighted by molar-refractivity contribution is -0.360. The SMILES string of the molecule is COC1NCC(NC(=O)NC2CCCNC2O[C@H]2CCC(F)CC2C2(C(F)(F)F)CCO2)CC1F. The van der Waals surface area contributed by atoms with Crippen LogP contribution in [0.25, 0.3) is 0 Å². The van der Waals surface area contributed by atoms with Crippen LogP contribution in [0, 0.1) is 5.92 Å². The molecule has 0 aromatic heterocycles. The van der Waals surface area contributed by atoms with Gasteiger partial charge in [-0.3, -0.25) is 10.6 Å². The lowest BCUT2D eigenvalue weighted by atomic mass is 9.70. The third-order valence-corrected chi connectivity index (χ3v) is 7.67. The largest absolute Gasteiger partial charge is 0.417 e. The molecule has 4 aliphatic rings. The minimum atomic E-state index is -4.63. The number of alkyl halides is 5. The molecule has 0 bridgehead atoms. The number of halogens is 5. The summed E-state index contributed by atoms with van der Waals surface area (Å²) >= 11 is 0. The van der Waals surface area contributed by atoms with Crippen molar-refractivity contribution in [1.82, 2.24) is 21.3 Å². The van der Waals surface area contributed by atoms with Gasteiger partial charge < -0.3 is 24.8 Å². The number of hydrogen-bond acceptors (Lipinski definition) is 6. The van der Waals surface area contributed by atoms with Crippen LogP contribution in [0.4, 0.5) is 26.7 Å². The number of amides is 2. The van der Waals surface area contributed by atoms with Crippen LogP contribution in [0.3, 0.4) is 0 Å². The lowest BCUT2D eigenvalue weighted by Gasteiger charge is -2.52. The number of hydrogen-bond donors (Lipinski definition) is 4. The number of ether oxygens (including phenoxy) is 3. The Bertz CT molecular complexity index is 728. The Morgan fingerprint density at radius 2 is 1.86 bits per heavy atom. The number of carbonyl (C=O) groups excluding carboxylic acids is 1. The molecule has 35 heavy (non-hydrogen) atoms. The number of methoxy groups -OCH3 is 1. The van der Waals surface area contributed by atoms with Gasteiger partial charge in [-0.2, -0.15) is 13.2 Å². The van der Waals surface area contributed by atoms with Gasteiger partial charge in [0.2, 0.25) is 0 Å². The second-order valence-corrected chi connectivity index (χ2v) is 9.93. The van der Waals surface area contributed by atoms with Crippen LogP contribution in [-0.4, -0.2) is 87.6 Å². The van der Waals surface area contributed by atoms with Gasteiger partial charge in [0.25, 0.3) is 0 Å². The van der Waals surface area contributed by atoms with Crippen LogP contribution < -0.4 is 21.3 Å². The molecule has 4 fully saturated rings. The van der Waals surface area contributed by atoms with Crippen molar-refractivity contribution in [2.24, 2.45) is 5.92 Å². The van der Waals surface area contributed by atoms with Crippen LogP contribution >= 0.6 is 0 Å². The number of rotatable bonds is 6. The van der Waals surface area contributed by atoms with Gasteiger partial charge in [0.1, 0.15) is 24.8 Å². The Morgan fingerprint density at radius 1 is 1.09 bits per heavy atom. The molecule has 0 aromatic rings. The summed E-state index contributed by atoms with van der Waals surface area (Å²) in [7, 11) is 1.40. The molecule has 2 amide bonds. The van der Waals surface area contributed by atoms with Gasteiger partial charge in [-0.15, -0.1) is 0 Å². The van der Waals surface area contributed by atoms with Crippen LogP contribution in [0.15, 0.2) is 0 Å². The second kappa shape index (κ2) is 11.0. The standard InChI is InChI=1S/C22H35F5N4O4/c1-33-18-15(24)10-13(11-29-18)30-20(32)31-16-3-2-7-28-19(16)35-17-5-4-12(23)9-14(17)21(6-8-34-21)22(25,26)27/h12-19,28-29H,2-11H2,1H3,(H2,30,31,32)/t12?,13?,14?,15?,16?,17-,18?,19?,21?/m0/s1. The Labute approximate surface area is 201 Å². The molecule has 9 atom stereocenters. The molecule has 4 N–H and O–H groups in total. The normalized spacial score (nSPS) is 42.7. The first-order chi connectivity index (χ1) is 16.6. The molecule has 1 saturated carbocycles. The molecule has 0 aromatic carbocycles. The van der Waals surface area contributed by atoms with Crippen LogP contribution in [-0.2, 0) is 14.2 Å². The predicted octanol–water partition coefficient (Wildman–Crippen LogP) is 2.28. The smallest absolute Gasteiger partial charge is 0.365 e. The molecule has 0 radical (unpaired) electrons. The summed E-state index contributed by atoms with van der Waals surface area (Å²) in [5, 5.41) is 11.6. The van der Waals surface area contributed by atoms with Crippen molar-refractivity contribution in [1.29, 1.82) is 0 Å². The van der Waals surface area contributed by atoms with Crippen molar-refractivity contribution in [3.63, 3.8) is 0 Å². The molecular weight excluding hydrogens is 479 g/mol. The first-order valence-electron chi connectivity index (χ1n) is 12.3. The van der Waals surface area contributed by atoms with Gasteiger partial charge in [-0.25, -0.2) is 13.6 Å². The van der Waals surface area contributed by atoms with Crippen molar-refractivity contribution < 1.29 is 41.0 Å². The Morgan fingerprint density at radius 3 is 2.49 bits per heavy atom. The highest BCUT2D eigenvalue weighted by molar-refractivity contribution is 5.74. The van der Waals surface area contributed by atoms with E-state index in [1.807, 2.05) is 0 Å². The van der Waals surface area contributed by atoms with E-state index in [2.05, 4.69) is 21.3 Å². The van der Waals surface area contributed by atoms with Crippen molar-refractivity contribution >= 4 is 6.03 Å². The number of urea groups is 1. The van der Waals surface area contributed by atoms with Crippen LogP contribution in [0.2, 0.25) is 0 Å². The molecule has 13 heteroatoms. The Kier molecular flexibility index (Phi) is 8.41. The minimum Gasteiger partial charge on any atom is -0.365 e. The van der Waals surface area contributed by atoms with E-state index < -0.39 is 66.7 Å². The van der Waals surface area contributed by atoms with E-state index in [0.717, 1.165) is 6.42 Å². The predicted molar refractivity (Wildman–Crippen MR) is 115 cm³/mol. The van der Waals surface area contributed by atoms with Crippen LogP contribution in [0.1, 0.15) is 44.9 Å². The van der Waals surface area contributed by atoms with E-state index in [1.165, 1.54) is 7.11 Å². The molecule has 3 heterocycles. The number of nitrogens with one attached hydrogen (secondary N) is 4. The van der Waals surface area contributed by atoms with Crippen molar-refractivity contribution in [2.45, 2.75) is 99.7 Å². The molecule has 3 saturated heterocycles. The molecule has 4 rings (SSSR count). The summed E-state index contributed by atoms with van der Waals surface area (Å²) in [5.41, 5.74) is -2.39. The fourth-order valence-electron chi connectivity index (χ4n) is 5.73. The maximum absolute atomic E-state index is 14.2. The zero-order valence-electron chi connectivity index (χ0n) is 19.7. The van der Waals surface area contributed by atoms with Crippen molar-refractivity contribution in [3.8, 4) is 0 Å². The number of carbonyl (C=O) groups is 1. The Balaban J connectivity index is 1.37. The highest BCUT2D eigenvalue weighted by Crippen LogP contribution is 2.53. The molecule has 1 aliphatic carbocycles. The third-order valence-electron chi connectivity index (χ3n) is 7.67. The first kappa shape index (κ1) is 26.8. The average Bonchev–Trinajstić information content (AvgIpc) is 2.75. The summed E-state index contributed by atoms with van der Waals surface area (Å²) in [6.07, 6.45) is -8.45. The van der Waals surface area contributed by atoms with Crippen LogP contribution in [0.5, 0.6) is 0 Å². The van der Waals surface area contributed by atoms with Gasteiger partial charge in [0.05, 0.1) is 18.8 Å². The molecule has 8 unspecified atom stereocenters. The van der Waals surface area contributed by atoms with E-state index in [0.29, 0.717) is 19.5 Å². The van der Waals surface area contributed by atoms with Gasteiger partial charge in [0, 0.05) is 38.5 Å². The monoisotopic (exact) mass is 514 g/mol. The highest BCUT2D eigenvalue weighted by atomic mass is 19.4. The third kappa shape index (κ3) is 5.84. The van der Waals surface area contributed by atoms with Gasteiger partial charge in [-0.1, -0.05) is 0 Å². The second-order valence-electron chi connectivity index (χ2n) is 9.93. The summed E-state index contributed by atoms with van der Waals surface area (Å²) in [5.74, 6) is -1.17. The number of piperidine rings is 2. The molecule has 8 nitrogen and oxygen atoms in total. The van der Waals surface area contributed by atoms with Gasteiger partial charge >= 0.3 is 12.2 Å². The van der Waals surface area contributed by atoms with E-state index in [-0.39, 0.29) is 38.7 Å². The fraction of sp³-hybridized carbons (Fsp3) is 0.955. The Hall–Kier alpha value is -1.28. The van der Waals surface area contributed by atoms with E-state index in [1.54, 1.807) is 0 Å². The van der Waals surface area contributed by atoms with E-state index in [9.17, 15) is 26.7 Å². The van der Waals surface area contributed by atoms with Crippen molar-refractivity contribution in [3.05, 3.63) is 0 Å². The first-order valence-corrected chi connectivity index (χ1v) is 12.3. The fourth-order valence-corrected chi connectivity index (χ4v) is 5.73. The van der Waals surface area contributed by atoms with E-state index in [4.69, 9.17) is 14.2 Å². The lowest BCUT2D eigenvalue weighted by Crippen LogP contribution is -2.66. The maximum atomic E-state index is 14.2. The minimum absolute atomic E-state index is 0.0212. The summed E-state index contributed by atoms with van der Waals surface area (Å²) in [6.45, 7) is 0.887. The zero-order chi connectivity index (χ0) is 25.2. The van der Waals surface area contributed by atoms with Gasteiger partial charge in [-0.05, 0) is 38.6 Å². The average molecular weight is 515 g/mol. The molecule has 0 spiro atoms. The van der Waals surface area contributed by atoms with E-state index >= 15 is 0 Å². The highest BCUT2D eigenvalue weighted by Gasteiger charge is 2.67. The quantitative estimate of drug-likeness (QED) is 0.407. The zero-order valence-corrected chi connectivity index (χ0v) is 19.7. The molecule has 3 aliphatic heterocycles. The summed E-state index contributed by atoms with van der Waals surface area (Å²) in [6, 6.07) is -1.47. The topological polar surface area (TPSA) is 92.9 Å². The molecular formula is C22H35F5N4O4.